The monoisotopic (exact) mass is 456 g/mol. The Morgan fingerprint density at radius 3 is 2.71 bits per heavy atom. The maximum Gasteiger partial charge on any atom is 0.251 e. The van der Waals surface area contributed by atoms with Crippen molar-refractivity contribution in [1.29, 1.82) is 0 Å². The second kappa shape index (κ2) is 9.13. The van der Waals surface area contributed by atoms with Crippen LogP contribution >= 0.6 is 0 Å². The SMILES string of the molecule is CNC(=O)c1ccnc2c(C(C)CNc3cc(-c4ccc(C5CC5)nc4)ncn3)ccc(F)c12. The van der Waals surface area contributed by atoms with Crippen LogP contribution in [-0.2, 0) is 0 Å². The van der Waals surface area contributed by atoms with Crippen LogP contribution < -0.4 is 10.6 Å². The molecule has 3 heterocycles. The number of amides is 1. The minimum Gasteiger partial charge on any atom is -0.369 e. The zero-order valence-corrected chi connectivity index (χ0v) is 19.0. The van der Waals surface area contributed by atoms with E-state index in [0.29, 0.717) is 23.8 Å². The number of anilines is 1. The lowest BCUT2D eigenvalue weighted by atomic mass is 9.95. The average Bonchev–Trinajstić information content (AvgIpc) is 3.73. The molecule has 1 amide bonds. The van der Waals surface area contributed by atoms with Gasteiger partial charge in [-0.2, -0.15) is 0 Å². The second-order valence-corrected chi connectivity index (χ2v) is 8.61. The summed E-state index contributed by atoms with van der Waals surface area (Å²) in [5.74, 6) is 0.472. The van der Waals surface area contributed by atoms with Gasteiger partial charge in [-0.15, -0.1) is 0 Å². The Morgan fingerprint density at radius 2 is 1.97 bits per heavy atom. The topological polar surface area (TPSA) is 92.7 Å². The molecule has 3 aromatic heterocycles. The molecule has 4 aromatic rings. The maximum absolute atomic E-state index is 14.7. The van der Waals surface area contributed by atoms with Gasteiger partial charge in [-0.25, -0.2) is 14.4 Å². The molecule has 0 spiro atoms. The van der Waals surface area contributed by atoms with E-state index in [2.05, 4.69) is 42.7 Å². The number of pyridine rings is 2. The van der Waals surface area contributed by atoms with Gasteiger partial charge in [-0.1, -0.05) is 13.0 Å². The summed E-state index contributed by atoms with van der Waals surface area (Å²) in [6, 6.07) is 10.7. The van der Waals surface area contributed by atoms with Gasteiger partial charge in [-0.05, 0) is 42.7 Å². The van der Waals surface area contributed by atoms with Gasteiger partial charge in [0.25, 0.3) is 5.91 Å². The van der Waals surface area contributed by atoms with E-state index < -0.39 is 5.82 Å². The molecular formula is C26H25FN6O. The van der Waals surface area contributed by atoms with Crippen LogP contribution in [0.1, 0.15) is 53.2 Å². The molecule has 1 aliphatic rings. The minimum atomic E-state index is -0.465. The van der Waals surface area contributed by atoms with E-state index in [-0.39, 0.29) is 22.8 Å². The first kappa shape index (κ1) is 21.9. The lowest BCUT2D eigenvalue weighted by Gasteiger charge is -2.17. The molecule has 1 fully saturated rings. The number of fused-ring (bicyclic) bond motifs is 1. The van der Waals surface area contributed by atoms with E-state index in [9.17, 15) is 9.18 Å². The first-order valence-corrected chi connectivity index (χ1v) is 11.4. The number of carbonyl (C=O) groups is 1. The number of aromatic nitrogens is 4. The third kappa shape index (κ3) is 4.31. The highest BCUT2D eigenvalue weighted by Gasteiger charge is 2.24. The molecule has 5 rings (SSSR count). The van der Waals surface area contributed by atoms with Crippen molar-refractivity contribution in [1.82, 2.24) is 25.3 Å². The minimum absolute atomic E-state index is 0.0200. The second-order valence-electron chi connectivity index (χ2n) is 8.61. The Labute approximate surface area is 196 Å². The molecule has 7 nitrogen and oxygen atoms in total. The van der Waals surface area contributed by atoms with Gasteiger partial charge in [-0.3, -0.25) is 14.8 Å². The van der Waals surface area contributed by atoms with Crippen molar-refractivity contribution < 1.29 is 9.18 Å². The maximum atomic E-state index is 14.7. The van der Waals surface area contributed by atoms with Gasteiger partial charge >= 0.3 is 0 Å². The van der Waals surface area contributed by atoms with Gasteiger partial charge in [0.05, 0.1) is 16.8 Å². The van der Waals surface area contributed by atoms with Crippen molar-refractivity contribution >= 4 is 22.6 Å². The van der Waals surface area contributed by atoms with Crippen LogP contribution in [0, 0.1) is 5.82 Å². The van der Waals surface area contributed by atoms with Crippen LogP contribution in [0.25, 0.3) is 22.2 Å². The predicted molar refractivity (Wildman–Crippen MR) is 129 cm³/mol. The molecule has 1 aliphatic carbocycles. The van der Waals surface area contributed by atoms with Gasteiger partial charge in [0.1, 0.15) is 18.0 Å². The highest BCUT2D eigenvalue weighted by Crippen LogP contribution is 2.39. The lowest BCUT2D eigenvalue weighted by molar-refractivity contribution is 0.0964. The van der Waals surface area contributed by atoms with Crippen molar-refractivity contribution in [3.8, 4) is 11.3 Å². The number of hydrogen-bond donors (Lipinski definition) is 2. The number of carbonyl (C=O) groups excluding carboxylic acids is 1. The molecule has 0 saturated heterocycles. The standard InChI is InChI=1S/C26H25FN6O/c1-15(18-6-7-20(27)24-19(26(34)28-2)9-10-29-25(18)24)12-31-23-11-22(32-14-33-23)17-5-8-21(30-13-17)16-3-4-16/h5-11,13-16H,3-4,12H2,1-2H3,(H,28,34)(H,31,32,33). The van der Waals surface area contributed by atoms with E-state index in [4.69, 9.17) is 0 Å². The van der Waals surface area contributed by atoms with E-state index in [1.165, 1.54) is 44.5 Å². The van der Waals surface area contributed by atoms with Crippen LogP contribution in [0.3, 0.4) is 0 Å². The van der Waals surface area contributed by atoms with E-state index in [1.807, 2.05) is 19.2 Å². The van der Waals surface area contributed by atoms with Crippen LogP contribution in [-0.4, -0.2) is 39.4 Å². The molecule has 0 radical (unpaired) electrons. The molecule has 34 heavy (non-hydrogen) atoms. The lowest BCUT2D eigenvalue weighted by Crippen LogP contribution is -2.19. The molecular weight excluding hydrogens is 431 g/mol. The Hall–Kier alpha value is -3.94. The summed E-state index contributed by atoms with van der Waals surface area (Å²) >= 11 is 0. The number of nitrogens with one attached hydrogen (secondary N) is 2. The van der Waals surface area contributed by atoms with Gasteiger partial charge in [0.2, 0.25) is 0 Å². The Kier molecular flexibility index (Phi) is 5.88. The van der Waals surface area contributed by atoms with Crippen LogP contribution in [0.2, 0.25) is 0 Å². The smallest absolute Gasteiger partial charge is 0.251 e. The largest absolute Gasteiger partial charge is 0.369 e. The van der Waals surface area contributed by atoms with Gasteiger partial charge < -0.3 is 10.6 Å². The number of hydrogen-bond acceptors (Lipinski definition) is 6. The highest BCUT2D eigenvalue weighted by molar-refractivity contribution is 6.06. The summed E-state index contributed by atoms with van der Waals surface area (Å²) < 4.78 is 14.7. The Morgan fingerprint density at radius 1 is 1.12 bits per heavy atom. The Bertz CT molecular complexity index is 1350. The van der Waals surface area contributed by atoms with Crippen LogP contribution in [0.5, 0.6) is 0 Å². The average molecular weight is 457 g/mol. The van der Waals surface area contributed by atoms with Crippen molar-refractivity contribution in [3.63, 3.8) is 0 Å². The van der Waals surface area contributed by atoms with Gasteiger partial charge in [0, 0.05) is 60.5 Å². The third-order valence-corrected chi connectivity index (χ3v) is 6.21. The molecule has 1 unspecified atom stereocenters. The quantitative estimate of drug-likeness (QED) is 0.420. The van der Waals surface area contributed by atoms with Crippen molar-refractivity contribution in [2.45, 2.75) is 31.6 Å². The number of nitrogens with zero attached hydrogens (tertiary/aromatic N) is 4. The normalized spacial score (nSPS) is 14.1. The number of rotatable bonds is 7. The molecule has 8 heteroatoms. The van der Waals surface area contributed by atoms with Crippen molar-refractivity contribution in [2.24, 2.45) is 0 Å². The summed E-state index contributed by atoms with van der Waals surface area (Å²) in [5.41, 5.74) is 4.49. The molecule has 172 valence electrons. The highest BCUT2D eigenvalue weighted by atomic mass is 19.1. The van der Waals surface area contributed by atoms with Crippen molar-refractivity contribution in [3.05, 3.63) is 77.8 Å². The van der Waals surface area contributed by atoms with E-state index >= 15 is 0 Å². The summed E-state index contributed by atoms with van der Waals surface area (Å²) in [6.45, 7) is 2.57. The fraction of sp³-hybridized carbons (Fsp3) is 0.269. The number of halogens is 1. The van der Waals surface area contributed by atoms with E-state index in [0.717, 1.165) is 22.5 Å². The molecule has 0 bridgehead atoms. The van der Waals surface area contributed by atoms with Crippen molar-refractivity contribution in [2.75, 3.05) is 18.9 Å². The fourth-order valence-electron chi connectivity index (χ4n) is 4.13. The first-order valence-electron chi connectivity index (χ1n) is 11.4. The van der Waals surface area contributed by atoms with Crippen LogP contribution in [0.4, 0.5) is 10.2 Å². The first-order chi connectivity index (χ1) is 16.5. The van der Waals surface area contributed by atoms with E-state index in [1.54, 1.807) is 6.07 Å². The summed E-state index contributed by atoms with van der Waals surface area (Å²) in [4.78, 5) is 29.9. The Balaban J connectivity index is 1.35. The fourth-order valence-corrected chi connectivity index (χ4v) is 4.13. The predicted octanol–water partition coefficient (Wildman–Crippen LogP) is 4.68. The zero-order valence-electron chi connectivity index (χ0n) is 19.0. The summed E-state index contributed by atoms with van der Waals surface area (Å²) in [5, 5.41) is 6.14. The molecule has 1 aromatic carbocycles. The molecule has 2 N–H and O–H groups in total. The zero-order chi connectivity index (χ0) is 23.7. The number of benzene rings is 1. The molecule has 0 aliphatic heterocycles. The molecule has 1 saturated carbocycles. The van der Waals surface area contributed by atoms with Gasteiger partial charge in [0.15, 0.2) is 0 Å². The summed E-state index contributed by atoms with van der Waals surface area (Å²) in [6.07, 6.45) is 7.37. The summed E-state index contributed by atoms with van der Waals surface area (Å²) in [7, 11) is 1.52. The molecule has 1 atom stereocenters. The third-order valence-electron chi connectivity index (χ3n) is 6.21. The van der Waals surface area contributed by atoms with Crippen LogP contribution in [0.15, 0.2) is 55.1 Å².